The summed E-state index contributed by atoms with van der Waals surface area (Å²) >= 11 is 0. The number of nitrogens with one attached hydrogen (secondary N) is 2. The molecular formula is C26H34FN5O5. The van der Waals surface area contributed by atoms with Gasteiger partial charge in [0.25, 0.3) is 11.9 Å². The SMILES string of the molecule is CC(=O)O.CC(=O)O.CC(C)C1CN(C(=O)Nc2cccc(F)c2)CCN1C1=NCc2ccccc2N1. The molecule has 1 unspecified atom stereocenters. The van der Waals surface area contributed by atoms with E-state index in [4.69, 9.17) is 24.8 Å². The second-order valence-electron chi connectivity index (χ2n) is 8.85. The number of amides is 2. The van der Waals surface area contributed by atoms with E-state index in [1.807, 2.05) is 12.1 Å². The van der Waals surface area contributed by atoms with Gasteiger partial charge in [-0.1, -0.05) is 38.1 Å². The summed E-state index contributed by atoms with van der Waals surface area (Å²) in [6.07, 6.45) is 0. The molecule has 2 aliphatic heterocycles. The van der Waals surface area contributed by atoms with Crippen molar-refractivity contribution in [2.24, 2.45) is 10.9 Å². The Bertz CT molecular complexity index is 1100. The Morgan fingerprint density at radius 2 is 1.70 bits per heavy atom. The van der Waals surface area contributed by atoms with E-state index in [2.05, 4.69) is 41.5 Å². The first-order valence-corrected chi connectivity index (χ1v) is 11.8. The highest BCUT2D eigenvalue weighted by molar-refractivity contribution is 5.96. The van der Waals surface area contributed by atoms with Gasteiger partial charge in [0.2, 0.25) is 0 Å². The molecule has 10 nitrogen and oxygen atoms in total. The number of piperazine rings is 1. The standard InChI is InChI=1S/C22H26FN5O.2C2H4O2/c1-15(2)20-14-27(22(29)25-18-8-5-7-17(23)12-18)10-11-28(20)21-24-13-16-6-3-4-9-19(16)26-21;2*1-2(3)4/h3-9,12,15,20H,10-11,13-14H2,1-2H3,(H,24,26)(H,25,29);2*1H3,(H,3,4). The first kappa shape index (κ1) is 29.1. The van der Waals surface area contributed by atoms with E-state index in [1.165, 1.54) is 17.7 Å². The maximum absolute atomic E-state index is 13.4. The van der Waals surface area contributed by atoms with Gasteiger partial charge in [0.05, 0.1) is 12.6 Å². The molecule has 0 spiro atoms. The van der Waals surface area contributed by atoms with Gasteiger partial charge in [0.15, 0.2) is 5.96 Å². The third-order valence-electron chi connectivity index (χ3n) is 5.49. The largest absolute Gasteiger partial charge is 0.481 e. The van der Waals surface area contributed by atoms with Gasteiger partial charge < -0.3 is 30.6 Å². The second-order valence-corrected chi connectivity index (χ2v) is 8.85. The number of anilines is 2. The molecule has 1 fully saturated rings. The third kappa shape index (κ3) is 9.43. The summed E-state index contributed by atoms with van der Waals surface area (Å²) < 4.78 is 13.4. The minimum absolute atomic E-state index is 0.138. The lowest BCUT2D eigenvalue weighted by atomic mass is 9.99. The van der Waals surface area contributed by atoms with Gasteiger partial charge >= 0.3 is 6.03 Å². The first-order chi connectivity index (χ1) is 17.5. The van der Waals surface area contributed by atoms with Crippen LogP contribution >= 0.6 is 0 Å². The zero-order valence-electron chi connectivity index (χ0n) is 21.4. The molecule has 37 heavy (non-hydrogen) atoms. The molecule has 0 aliphatic carbocycles. The quantitative estimate of drug-likeness (QED) is 0.472. The van der Waals surface area contributed by atoms with Crippen LogP contribution in [0.2, 0.25) is 0 Å². The van der Waals surface area contributed by atoms with Gasteiger partial charge in [-0.2, -0.15) is 0 Å². The zero-order chi connectivity index (χ0) is 27.5. The van der Waals surface area contributed by atoms with Crippen LogP contribution in [0.3, 0.4) is 0 Å². The van der Waals surface area contributed by atoms with E-state index in [9.17, 15) is 9.18 Å². The summed E-state index contributed by atoms with van der Waals surface area (Å²) in [7, 11) is 0. The number of carboxylic acids is 2. The molecule has 4 N–H and O–H groups in total. The van der Waals surface area contributed by atoms with Crippen molar-refractivity contribution >= 4 is 35.3 Å². The van der Waals surface area contributed by atoms with Crippen LogP contribution in [-0.4, -0.2) is 69.6 Å². The molecule has 0 saturated carbocycles. The van der Waals surface area contributed by atoms with Gasteiger partial charge in [-0.15, -0.1) is 0 Å². The van der Waals surface area contributed by atoms with Crippen LogP contribution in [0, 0.1) is 11.7 Å². The van der Waals surface area contributed by atoms with Crippen LogP contribution in [-0.2, 0) is 16.1 Å². The first-order valence-electron chi connectivity index (χ1n) is 11.8. The molecule has 0 aromatic heterocycles. The van der Waals surface area contributed by atoms with Gasteiger partial charge in [-0.3, -0.25) is 9.59 Å². The van der Waals surface area contributed by atoms with Gasteiger partial charge in [-0.05, 0) is 35.7 Å². The lowest BCUT2D eigenvalue weighted by molar-refractivity contribution is -0.135. The molecule has 2 aromatic carbocycles. The number of rotatable bonds is 2. The Kier molecular flexibility index (Phi) is 10.9. The number of para-hydroxylation sites is 1. The van der Waals surface area contributed by atoms with Crippen LogP contribution in [0.4, 0.5) is 20.6 Å². The Morgan fingerprint density at radius 3 is 2.32 bits per heavy atom. The number of halogens is 1. The molecule has 2 aliphatic rings. The lowest BCUT2D eigenvalue weighted by Crippen LogP contribution is -2.60. The van der Waals surface area contributed by atoms with E-state index >= 15 is 0 Å². The fourth-order valence-corrected chi connectivity index (χ4v) is 3.86. The summed E-state index contributed by atoms with van der Waals surface area (Å²) in [5.41, 5.74) is 2.74. The molecule has 11 heteroatoms. The predicted octanol–water partition coefficient (Wildman–Crippen LogP) is 4.16. The molecule has 0 bridgehead atoms. The summed E-state index contributed by atoms with van der Waals surface area (Å²) in [4.78, 5) is 39.5. The molecule has 0 radical (unpaired) electrons. The van der Waals surface area contributed by atoms with Crippen molar-refractivity contribution in [3.05, 3.63) is 59.9 Å². The second kappa shape index (κ2) is 13.8. The summed E-state index contributed by atoms with van der Waals surface area (Å²) in [6, 6.07) is 14.1. The average molecular weight is 516 g/mol. The lowest BCUT2D eigenvalue weighted by Gasteiger charge is -2.45. The molecule has 4 rings (SSSR count). The van der Waals surface area contributed by atoms with Crippen molar-refractivity contribution in [2.45, 2.75) is 40.3 Å². The maximum Gasteiger partial charge on any atom is 0.321 e. The smallest absolute Gasteiger partial charge is 0.321 e. The number of fused-ring (bicyclic) bond motifs is 1. The summed E-state index contributed by atoms with van der Waals surface area (Å²) in [6.45, 7) is 8.98. The predicted molar refractivity (Wildman–Crippen MR) is 140 cm³/mol. The fraction of sp³-hybridized carbons (Fsp3) is 0.385. The normalized spacial score (nSPS) is 16.1. The van der Waals surface area contributed by atoms with Gasteiger partial charge in [0, 0.05) is 44.9 Å². The number of aliphatic imine (C=N–C) groups is 1. The molecular weight excluding hydrogens is 481 g/mol. The highest BCUT2D eigenvalue weighted by atomic mass is 19.1. The Balaban J connectivity index is 0.000000530. The van der Waals surface area contributed by atoms with E-state index < -0.39 is 11.9 Å². The van der Waals surface area contributed by atoms with Crippen LogP contribution in [0.15, 0.2) is 53.5 Å². The number of benzene rings is 2. The van der Waals surface area contributed by atoms with Gasteiger partial charge in [-0.25, -0.2) is 14.2 Å². The maximum atomic E-state index is 13.4. The number of nitrogens with zero attached hydrogens (tertiary/aromatic N) is 3. The van der Waals surface area contributed by atoms with Crippen molar-refractivity contribution in [3.63, 3.8) is 0 Å². The van der Waals surface area contributed by atoms with Crippen LogP contribution < -0.4 is 10.6 Å². The van der Waals surface area contributed by atoms with Crippen LogP contribution in [0.1, 0.15) is 33.3 Å². The van der Waals surface area contributed by atoms with E-state index in [0.29, 0.717) is 37.8 Å². The number of hydrogen-bond acceptors (Lipinski definition) is 6. The topological polar surface area (TPSA) is 135 Å². The number of aliphatic carboxylic acids is 2. The van der Waals surface area contributed by atoms with Crippen LogP contribution in [0.25, 0.3) is 0 Å². The third-order valence-corrected chi connectivity index (χ3v) is 5.49. The van der Waals surface area contributed by atoms with E-state index in [-0.39, 0.29) is 17.9 Å². The highest BCUT2D eigenvalue weighted by Crippen LogP contribution is 2.25. The summed E-state index contributed by atoms with van der Waals surface area (Å²) in [5.74, 6) is -0.830. The van der Waals surface area contributed by atoms with Crippen molar-refractivity contribution in [1.29, 1.82) is 0 Å². The van der Waals surface area contributed by atoms with Crippen molar-refractivity contribution in [3.8, 4) is 0 Å². The van der Waals surface area contributed by atoms with Crippen LogP contribution in [0.5, 0.6) is 0 Å². The summed E-state index contributed by atoms with van der Waals surface area (Å²) in [5, 5.41) is 21.1. The Morgan fingerprint density at radius 1 is 1.05 bits per heavy atom. The molecule has 1 saturated heterocycles. The van der Waals surface area contributed by atoms with Gasteiger partial charge in [0.1, 0.15) is 5.82 Å². The fourth-order valence-electron chi connectivity index (χ4n) is 3.86. The molecule has 200 valence electrons. The molecule has 2 aromatic rings. The number of guanidine groups is 1. The van der Waals surface area contributed by atoms with Crippen molar-refractivity contribution < 1.29 is 29.0 Å². The van der Waals surface area contributed by atoms with Crippen molar-refractivity contribution in [2.75, 3.05) is 30.3 Å². The minimum Gasteiger partial charge on any atom is -0.481 e. The van der Waals surface area contributed by atoms with E-state index in [1.54, 1.807) is 17.0 Å². The number of hydrogen-bond donors (Lipinski definition) is 4. The molecule has 2 amide bonds. The monoisotopic (exact) mass is 515 g/mol. The highest BCUT2D eigenvalue weighted by Gasteiger charge is 2.34. The number of carbonyl (C=O) groups is 3. The van der Waals surface area contributed by atoms with E-state index in [0.717, 1.165) is 25.5 Å². The zero-order valence-corrected chi connectivity index (χ0v) is 21.4. The van der Waals surface area contributed by atoms with Crippen molar-refractivity contribution in [1.82, 2.24) is 9.80 Å². The minimum atomic E-state index is -0.833. The Labute approximate surface area is 215 Å². The Hall–Kier alpha value is -4.15. The molecule has 1 atom stereocenters. The molecule has 2 heterocycles. The number of urea groups is 1. The average Bonchev–Trinajstić information content (AvgIpc) is 2.82. The number of carbonyl (C=O) groups excluding carboxylic acids is 1. The number of carboxylic acid groups (broad SMARTS) is 2.